The van der Waals surface area contributed by atoms with Crippen LogP contribution in [0.2, 0.25) is 0 Å². The standard InChI is InChI=1S/C9H12N4O3/c14-8(13-4-2-1-3-5-13)6-7(9(15)16)11-12-10-6/h1-5H2,(H,15,16)(H,10,11,12). The summed E-state index contributed by atoms with van der Waals surface area (Å²) in [5.41, 5.74) is -0.412. The Morgan fingerprint density at radius 3 is 2.38 bits per heavy atom. The first-order valence-corrected chi connectivity index (χ1v) is 5.13. The van der Waals surface area contributed by atoms with Gasteiger partial charge in [0.05, 0.1) is 0 Å². The molecule has 1 aliphatic rings. The van der Waals surface area contributed by atoms with Crippen molar-refractivity contribution in [3.05, 3.63) is 11.4 Å². The van der Waals surface area contributed by atoms with Crippen molar-refractivity contribution in [3.63, 3.8) is 0 Å². The summed E-state index contributed by atoms with van der Waals surface area (Å²) in [6.45, 7) is 1.31. The number of hydrogen-bond donors (Lipinski definition) is 2. The molecule has 0 spiro atoms. The van der Waals surface area contributed by atoms with Crippen LogP contribution in [0.5, 0.6) is 0 Å². The van der Waals surface area contributed by atoms with Crippen LogP contribution in [0.25, 0.3) is 0 Å². The number of nitrogens with one attached hydrogen (secondary N) is 1. The summed E-state index contributed by atoms with van der Waals surface area (Å²) in [6, 6.07) is 0. The lowest BCUT2D eigenvalue weighted by Crippen LogP contribution is -2.36. The molecule has 0 atom stereocenters. The number of rotatable bonds is 2. The third-order valence-corrected chi connectivity index (χ3v) is 2.60. The van der Waals surface area contributed by atoms with E-state index >= 15 is 0 Å². The molecular weight excluding hydrogens is 212 g/mol. The fourth-order valence-corrected chi connectivity index (χ4v) is 1.78. The lowest BCUT2D eigenvalue weighted by molar-refractivity contribution is 0.0659. The molecule has 86 valence electrons. The molecule has 1 fully saturated rings. The third kappa shape index (κ3) is 1.88. The summed E-state index contributed by atoms with van der Waals surface area (Å²) >= 11 is 0. The van der Waals surface area contributed by atoms with E-state index in [0.717, 1.165) is 19.3 Å². The molecule has 1 saturated heterocycles. The van der Waals surface area contributed by atoms with Crippen LogP contribution in [0.1, 0.15) is 40.2 Å². The molecule has 0 radical (unpaired) electrons. The predicted octanol–water partition coefficient (Wildman–Crippen LogP) is 0.129. The second-order valence-electron chi connectivity index (χ2n) is 3.68. The van der Waals surface area contributed by atoms with Crippen LogP contribution < -0.4 is 0 Å². The van der Waals surface area contributed by atoms with E-state index in [2.05, 4.69) is 15.4 Å². The van der Waals surface area contributed by atoms with Gasteiger partial charge >= 0.3 is 5.97 Å². The van der Waals surface area contributed by atoms with Crippen molar-refractivity contribution in [1.29, 1.82) is 0 Å². The molecule has 7 nitrogen and oxygen atoms in total. The molecule has 2 heterocycles. The van der Waals surface area contributed by atoms with Gasteiger partial charge in [0.1, 0.15) is 0 Å². The fourth-order valence-electron chi connectivity index (χ4n) is 1.78. The van der Waals surface area contributed by atoms with E-state index in [1.165, 1.54) is 0 Å². The summed E-state index contributed by atoms with van der Waals surface area (Å²) < 4.78 is 0. The molecule has 0 unspecified atom stereocenters. The maximum absolute atomic E-state index is 11.9. The highest BCUT2D eigenvalue weighted by molar-refractivity contribution is 6.01. The van der Waals surface area contributed by atoms with Crippen LogP contribution in [-0.2, 0) is 0 Å². The number of piperidine rings is 1. The van der Waals surface area contributed by atoms with Gasteiger partial charge in [0, 0.05) is 13.1 Å². The highest BCUT2D eigenvalue weighted by Gasteiger charge is 2.26. The lowest BCUT2D eigenvalue weighted by atomic mass is 10.1. The number of aromatic carboxylic acids is 1. The predicted molar refractivity (Wildman–Crippen MR) is 53.1 cm³/mol. The largest absolute Gasteiger partial charge is 0.476 e. The molecule has 7 heteroatoms. The molecule has 0 bridgehead atoms. The molecule has 16 heavy (non-hydrogen) atoms. The number of aromatic amines is 1. The van der Waals surface area contributed by atoms with E-state index in [4.69, 9.17) is 5.11 Å². The molecule has 1 aromatic heterocycles. The first-order chi connectivity index (χ1) is 7.70. The monoisotopic (exact) mass is 224 g/mol. The number of H-pyrrole nitrogens is 1. The van der Waals surface area contributed by atoms with E-state index in [9.17, 15) is 9.59 Å². The van der Waals surface area contributed by atoms with Gasteiger partial charge in [-0.05, 0) is 19.3 Å². The lowest BCUT2D eigenvalue weighted by Gasteiger charge is -2.25. The molecule has 2 N–H and O–H groups in total. The summed E-state index contributed by atoms with van der Waals surface area (Å²) in [6.07, 6.45) is 3.01. The van der Waals surface area contributed by atoms with Crippen LogP contribution in [-0.4, -0.2) is 50.4 Å². The number of likely N-dealkylation sites (tertiary alicyclic amines) is 1. The van der Waals surface area contributed by atoms with Gasteiger partial charge in [-0.15, -0.1) is 10.2 Å². The Hall–Kier alpha value is -1.92. The second kappa shape index (κ2) is 4.30. The van der Waals surface area contributed by atoms with Crippen molar-refractivity contribution >= 4 is 11.9 Å². The van der Waals surface area contributed by atoms with Crippen molar-refractivity contribution in [2.45, 2.75) is 19.3 Å². The number of nitrogens with zero attached hydrogens (tertiary/aromatic N) is 3. The van der Waals surface area contributed by atoms with E-state index < -0.39 is 5.97 Å². The Morgan fingerprint density at radius 1 is 1.12 bits per heavy atom. The summed E-state index contributed by atoms with van der Waals surface area (Å²) in [7, 11) is 0. The van der Waals surface area contributed by atoms with E-state index in [0.29, 0.717) is 13.1 Å². The van der Waals surface area contributed by atoms with Gasteiger partial charge in [-0.2, -0.15) is 5.21 Å². The topological polar surface area (TPSA) is 99.2 Å². The molecule has 1 amide bonds. The van der Waals surface area contributed by atoms with Gasteiger partial charge < -0.3 is 10.0 Å². The number of aromatic nitrogens is 3. The maximum Gasteiger partial charge on any atom is 0.358 e. The maximum atomic E-state index is 11.9. The number of carbonyl (C=O) groups is 2. The minimum absolute atomic E-state index is 0.102. The van der Waals surface area contributed by atoms with Gasteiger partial charge in [0.15, 0.2) is 5.69 Å². The first-order valence-electron chi connectivity index (χ1n) is 5.13. The zero-order valence-corrected chi connectivity index (χ0v) is 8.64. The number of amides is 1. The van der Waals surface area contributed by atoms with Gasteiger partial charge in [0.2, 0.25) is 5.69 Å². The first kappa shape index (κ1) is 10.6. The van der Waals surface area contributed by atoms with Gasteiger partial charge in [0.25, 0.3) is 5.91 Å². The fraction of sp³-hybridized carbons (Fsp3) is 0.556. The average Bonchev–Trinajstić information content (AvgIpc) is 2.78. The van der Waals surface area contributed by atoms with E-state index in [-0.39, 0.29) is 17.3 Å². The Bertz CT molecular complexity index is 409. The normalized spacial score (nSPS) is 16.1. The minimum Gasteiger partial charge on any atom is -0.476 e. The quantitative estimate of drug-likeness (QED) is 0.743. The molecule has 0 aliphatic carbocycles. The number of carbonyl (C=O) groups excluding carboxylic acids is 1. The minimum atomic E-state index is -1.24. The van der Waals surface area contributed by atoms with Crippen LogP contribution >= 0.6 is 0 Å². The molecule has 1 aromatic rings. The van der Waals surface area contributed by atoms with Crippen LogP contribution in [0.15, 0.2) is 0 Å². The SMILES string of the molecule is O=C(O)c1n[nH]nc1C(=O)N1CCCCC1. The number of carboxylic acids is 1. The number of hydrogen-bond acceptors (Lipinski definition) is 4. The highest BCUT2D eigenvalue weighted by Crippen LogP contribution is 2.13. The van der Waals surface area contributed by atoms with Crippen LogP contribution in [0.3, 0.4) is 0 Å². The van der Waals surface area contributed by atoms with Gasteiger partial charge in [-0.1, -0.05) is 0 Å². The summed E-state index contributed by atoms with van der Waals surface area (Å²) in [4.78, 5) is 24.3. The zero-order chi connectivity index (χ0) is 11.5. The van der Waals surface area contributed by atoms with Crippen molar-refractivity contribution in [2.24, 2.45) is 0 Å². The Kier molecular flexibility index (Phi) is 2.84. The number of carboxylic acid groups (broad SMARTS) is 1. The molecular formula is C9H12N4O3. The highest BCUT2D eigenvalue weighted by atomic mass is 16.4. The smallest absolute Gasteiger partial charge is 0.358 e. The summed E-state index contributed by atoms with van der Waals surface area (Å²) in [5, 5.41) is 18.0. The van der Waals surface area contributed by atoms with E-state index in [1.807, 2.05) is 0 Å². The van der Waals surface area contributed by atoms with Crippen LogP contribution in [0.4, 0.5) is 0 Å². The Balaban J connectivity index is 2.19. The Morgan fingerprint density at radius 2 is 1.75 bits per heavy atom. The third-order valence-electron chi connectivity index (χ3n) is 2.60. The molecule has 1 aliphatic heterocycles. The van der Waals surface area contributed by atoms with Crippen molar-refractivity contribution in [2.75, 3.05) is 13.1 Å². The van der Waals surface area contributed by atoms with E-state index in [1.54, 1.807) is 4.90 Å². The summed E-state index contributed by atoms with van der Waals surface area (Å²) in [5.74, 6) is -1.60. The van der Waals surface area contributed by atoms with Crippen molar-refractivity contribution < 1.29 is 14.7 Å². The molecule has 2 rings (SSSR count). The zero-order valence-electron chi connectivity index (χ0n) is 8.64. The van der Waals surface area contributed by atoms with Crippen molar-refractivity contribution in [1.82, 2.24) is 20.3 Å². The molecule has 0 saturated carbocycles. The van der Waals surface area contributed by atoms with Gasteiger partial charge in [-0.3, -0.25) is 4.79 Å². The average molecular weight is 224 g/mol. The van der Waals surface area contributed by atoms with Crippen molar-refractivity contribution in [3.8, 4) is 0 Å². The van der Waals surface area contributed by atoms with Crippen LogP contribution in [0, 0.1) is 0 Å². The molecule has 0 aromatic carbocycles. The Labute approximate surface area is 91.4 Å². The van der Waals surface area contributed by atoms with Gasteiger partial charge in [-0.25, -0.2) is 4.79 Å². The second-order valence-corrected chi connectivity index (χ2v) is 3.68.